The molecule has 32 heavy (non-hydrogen) atoms. The Balaban J connectivity index is 1.75. The number of nitrogens with one attached hydrogen (secondary N) is 1. The highest BCUT2D eigenvalue weighted by Gasteiger charge is 2.29. The van der Waals surface area contributed by atoms with Gasteiger partial charge in [-0.2, -0.15) is 0 Å². The fraction of sp³-hybridized carbons (Fsp3) is 0.462. The molecule has 1 aliphatic heterocycles. The minimum Gasteiger partial charge on any atom is -0.454 e. The number of benzene rings is 2. The van der Waals surface area contributed by atoms with E-state index in [0.717, 1.165) is 28.9 Å². The second kappa shape index (κ2) is 11.0. The van der Waals surface area contributed by atoms with Crippen molar-refractivity contribution in [2.24, 2.45) is 0 Å². The van der Waals surface area contributed by atoms with Gasteiger partial charge in [0.05, 0.1) is 0 Å². The summed E-state index contributed by atoms with van der Waals surface area (Å²) in [5.74, 6) is 1.32. The number of rotatable bonds is 10. The van der Waals surface area contributed by atoms with Crippen LogP contribution in [0.4, 0.5) is 0 Å². The van der Waals surface area contributed by atoms with E-state index in [1.54, 1.807) is 4.90 Å². The highest BCUT2D eigenvalue weighted by molar-refractivity contribution is 5.88. The molecule has 0 aromatic heterocycles. The third kappa shape index (κ3) is 6.02. The highest BCUT2D eigenvalue weighted by atomic mass is 16.7. The van der Waals surface area contributed by atoms with Crippen molar-refractivity contribution in [1.82, 2.24) is 10.2 Å². The topological polar surface area (TPSA) is 67.9 Å². The smallest absolute Gasteiger partial charge is 0.243 e. The largest absolute Gasteiger partial charge is 0.454 e. The van der Waals surface area contributed by atoms with Gasteiger partial charge in [0.25, 0.3) is 0 Å². The standard InChI is InChI=1S/C26H34N2O4/c1-5-19(4)27-26(30)22(6-2)28(16-21-9-7-18(3)8-10-21)25(29)14-12-20-11-13-23-24(15-20)32-17-31-23/h7-11,13,15,19,22H,5-6,12,14,16-17H2,1-4H3,(H,27,30)/t19-,22+/m1/s1. The van der Waals surface area contributed by atoms with Crippen LogP contribution in [0, 0.1) is 6.92 Å². The Hall–Kier alpha value is -3.02. The molecule has 1 aliphatic rings. The predicted molar refractivity (Wildman–Crippen MR) is 125 cm³/mol. The summed E-state index contributed by atoms with van der Waals surface area (Å²) >= 11 is 0. The van der Waals surface area contributed by atoms with E-state index in [1.165, 1.54) is 0 Å². The van der Waals surface area contributed by atoms with E-state index in [9.17, 15) is 9.59 Å². The second-order valence-corrected chi connectivity index (χ2v) is 8.44. The number of hydrogen-bond acceptors (Lipinski definition) is 4. The van der Waals surface area contributed by atoms with Crippen LogP contribution in [-0.2, 0) is 22.6 Å². The van der Waals surface area contributed by atoms with Crippen LogP contribution in [-0.4, -0.2) is 35.6 Å². The maximum absolute atomic E-state index is 13.4. The summed E-state index contributed by atoms with van der Waals surface area (Å²) in [5, 5.41) is 3.05. The molecule has 0 aliphatic carbocycles. The number of hydrogen-bond donors (Lipinski definition) is 1. The molecule has 0 saturated heterocycles. The molecule has 2 atom stereocenters. The average molecular weight is 439 g/mol. The number of amides is 2. The summed E-state index contributed by atoms with van der Waals surface area (Å²) in [6.45, 7) is 8.64. The fourth-order valence-corrected chi connectivity index (χ4v) is 3.74. The van der Waals surface area contributed by atoms with Crippen LogP contribution in [0.1, 0.15) is 56.7 Å². The molecule has 172 valence electrons. The molecule has 0 fully saturated rings. The molecule has 0 unspecified atom stereocenters. The number of fused-ring (bicyclic) bond motifs is 1. The van der Waals surface area contributed by atoms with Gasteiger partial charge in [-0.25, -0.2) is 0 Å². The maximum Gasteiger partial charge on any atom is 0.243 e. The third-order valence-corrected chi connectivity index (χ3v) is 5.92. The van der Waals surface area contributed by atoms with Crippen molar-refractivity contribution < 1.29 is 19.1 Å². The van der Waals surface area contributed by atoms with Crippen LogP contribution in [0.3, 0.4) is 0 Å². The lowest BCUT2D eigenvalue weighted by Crippen LogP contribution is -2.50. The number of ether oxygens (including phenoxy) is 2. The fourth-order valence-electron chi connectivity index (χ4n) is 3.74. The summed E-state index contributed by atoms with van der Waals surface area (Å²) in [7, 11) is 0. The number of nitrogens with zero attached hydrogens (tertiary/aromatic N) is 1. The van der Waals surface area contributed by atoms with Gasteiger partial charge < -0.3 is 19.7 Å². The first-order chi connectivity index (χ1) is 15.4. The lowest BCUT2D eigenvalue weighted by Gasteiger charge is -2.31. The Morgan fingerprint density at radius 2 is 1.69 bits per heavy atom. The summed E-state index contributed by atoms with van der Waals surface area (Å²) in [6.07, 6.45) is 2.30. The van der Waals surface area contributed by atoms with Gasteiger partial charge in [0.1, 0.15) is 6.04 Å². The van der Waals surface area contributed by atoms with Crippen LogP contribution in [0.2, 0.25) is 0 Å². The zero-order chi connectivity index (χ0) is 23.1. The molecule has 2 aromatic carbocycles. The Kier molecular flexibility index (Phi) is 8.14. The van der Waals surface area contributed by atoms with E-state index in [-0.39, 0.29) is 24.6 Å². The molecule has 6 heteroatoms. The second-order valence-electron chi connectivity index (χ2n) is 8.44. The first-order valence-electron chi connectivity index (χ1n) is 11.4. The van der Waals surface area contributed by atoms with Gasteiger partial charge in [0.15, 0.2) is 11.5 Å². The van der Waals surface area contributed by atoms with Crippen molar-refractivity contribution in [1.29, 1.82) is 0 Å². The molecule has 3 rings (SSSR count). The molecule has 0 saturated carbocycles. The molecule has 0 bridgehead atoms. The number of carbonyl (C=O) groups excluding carboxylic acids is 2. The van der Waals surface area contributed by atoms with Crippen LogP contribution in [0.15, 0.2) is 42.5 Å². The normalized spacial score (nSPS) is 14.0. The van der Waals surface area contributed by atoms with Crippen molar-refractivity contribution in [3.63, 3.8) is 0 Å². The van der Waals surface area contributed by atoms with E-state index in [2.05, 4.69) is 5.32 Å². The molecule has 0 radical (unpaired) electrons. The van der Waals surface area contributed by atoms with E-state index in [1.807, 2.05) is 70.2 Å². The number of aryl methyl sites for hydroxylation is 2. The first-order valence-corrected chi connectivity index (χ1v) is 11.4. The lowest BCUT2D eigenvalue weighted by molar-refractivity contribution is -0.141. The van der Waals surface area contributed by atoms with Crippen molar-refractivity contribution >= 4 is 11.8 Å². The molecule has 1 N–H and O–H groups in total. The van der Waals surface area contributed by atoms with E-state index >= 15 is 0 Å². The zero-order valence-electron chi connectivity index (χ0n) is 19.5. The van der Waals surface area contributed by atoms with Crippen molar-refractivity contribution in [3.8, 4) is 11.5 Å². The van der Waals surface area contributed by atoms with E-state index in [4.69, 9.17) is 9.47 Å². The van der Waals surface area contributed by atoms with E-state index in [0.29, 0.717) is 31.6 Å². The summed E-state index contributed by atoms with van der Waals surface area (Å²) in [4.78, 5) is 28.1. The predicted octanol–water partition coefficient (Wildman–Crippen LogP) is 4.38. The highest BCUT2D eigenvalue weighted by Crippen LogP contribution is 2.32. The van der Waals surface area contributed by atoms with Crippen LogP contribution in [0.25, 0.3) is 0 Å². The van der Waals surface area contributed by atoms with Crippen LogP contribution in [0.5, 0.6) is 11.5 Å². The Morgan fingerprint density at radius 3 is 2.38 bits per heavy atom. The molecule has 1 heterocycles. The third-order valence-electron chi connectivity index (χ3n) is 5.92. The maximum atomic E-state index is 13.4. The first kappa shape index (κ1) is 23.6. The summed E-state index contributed by atoms with van der Waals surface area (Å²) < 4.78 is 10.8. The van der Waals surface area contributed by atoms with Crippen molar-refractivity contribution in [2.75, 3.05) is 6.79 Å². The summed E-state index contributed by atoms with van der Waals surface area (Å²) in [6, 6.07) is 13.4. The van der Waals surface area contributed by atoms with Crippen LogP contribution >= 0.6 is 0 Å². The van der Waals surface area contributed by atoms with Gasteiger partial charge in [-0.15, -0.1) is 0 Å². The quantitative estimate of drug-likeness (QED) is 0.598. The van der Waals surface area contributed by atoms with Gasteiger partial charge in [-0.1, -0.05) is 49.7 Å². The van der Waals surface area contributed by atoms with Crippen molar-refractivity contribution in [3.05, 3.63) is 59.2 Å². The van der Waals surface area contributed by atoms with E-state index < -0.39 is 6.04 Å². The minimum atomic E-state index is -0.505. The monoisotopic (exact) mass is 438 g/mol. The molecule has 2 amide bonds. The van der Waals surface area contributed by atoms with Gasteiger partial charge in [-0.05, 0) is 56.4 Å². The van der Waals surface area contributed by atoms with Gasteiger partial charge in [-0.3, -0.25) is 9.59 Å². The Labute approximate surface area is 190 Å². The molecular weight excluding hydrogens is 404 g/mol. The lowest BCUT2D eigenvalue weighted by atomic mass is 10.0. The minimum absolute atomic E-state index is 0.0330. The molecule has 6 nitrogen and oxygen atoms in total. The SMILES string of the molecule is CC[C@@H](C)NC(=O)[C@H](CC)N(Cc1ccc(C)cc1)C(=O)CCc1ccc2c(c1)OCO2. The summed E-state index contributed by atoms with van der Waals surface area (Å²) in [5.41, 5.74) is 3.19. The zero-order valence-corrected chi connectivity index (χ0v) is 19.5. The van der Waals surface area contributed by atoms with Gasteiger partial charge >= 0.3 is 0 Å². The van der Waals surface area contributed by atoms with Crippen molar-refractivity contribution in [2.45, 2.75) is 72.0 Å². The van der Waals surface area contributed by atoms with Crippen LogP contribution < -0.4 is 14.8 Å². The molecule has 0 spiro atoms. The number of carbonyl (C=O) groups is 2. The average Bonchev–Trinajstić information content (AvgIpc) is 3.26. The van der Waals surface area contributed by atoms with Gasteiger partial charge in [0.2, 0.25) is 18.6 Å². The van der Waals surface area contributed by atoms with Gasteiger partial charge in [0, 0.05) is 19.0 Å². The molecule has 2 aromatic rings. The Bertz CT molecular complexity index is 926. The molecular formula is C26H34N2O4. The Morgan fingerprint density at radius 1 is 1.00 bits per heavy atom.